The van der Waals surface area contributed by atoms with Crippen LogP contribution in [0, 0.1) is 5.92 Å². The number of hydrogen-bond donors (Lipinski definition) is 0. The van der Waals surface area contributed by atoms with Crippen LogP contribution in [0.15, 0.2) is 0 Å². The van der Waals surface area contributed by atoms with Crippen molar-refractivity contribution in [3.8, 4) is 0 Å². The van der Waals surface area contributed by atoms with Gasteiger partial charge in [0.1, 0.15) is 0 Å². The van der Waals surface area contributed by atoms with Gasteiger partial charge in [-0.3, -0.25) is 19.3 Å². The van der Waals surface area contributed by atoms with Crippen LogP contribution in [0.5, 0.6) is 0 Å². The Morgan fingerprint density at radius 1 is 1.47 bits per heavy atom. The molecular formula is C11H17NO3. The number of likely N-dealkylation sites (tertiary alicyclic amines) is 1. The van der Waals surface area contributed by atoms with Crippen molar-refractivity contribution in [1.29, 1.82) is 0 Å². The van der Waals surface area contributed by atoms with Gasteiger partial charge in [-0.25, -0.2) is 0 Å². The molecule has 0 N–H and O–H groups in total. The first-order valence-corrected chi connectivity index (χ1v) is 5.42. The number of carbonyl (C=O) groups is 3. The number of hydrogen-bond acceptors (Lipinski definition) is 3. The van der Waals surface area contributed by atoms with Gasteiger partial charge in [0.15, 0.2) is 5.78 Å². The fraction of sp³-hybridized carbons (Fsp3) is 0.727. The molecule has 1 aliphatic rings. The van der Waals surface area contributed by atoms with Gasteiger partial charge in [0, 0.05) is 18.8 Å². The summed E-state index contributed by atoms with van der Waals surface area (Å²) in [6.45, 7) is 3.69. The van der Waals surface area contributed by atoms with Gasteiger partial charge in [-0.05, 0) is 6.42 Å². The Morgan fingerprint density at radius 2 is 2.13 bits per heavy atom. The number of rotatable bonds is 5. The van der Waals surface area contributed by atoms with E-state index in [9.17, 15) is 14.4 Å². The van der Waals surface area contributed by atoms with Gasteiger partial charge in [-0.2, -0.15) is 0 Å². The van der Waals surface area contributed by atoms with E-state index in [4.69, 9.17) is 0 Å². The van der Waals surface area contributed by atoms with Gasteiger partial charge < -0.3 is 0 Å². The van der Waals surface area contributed by atoms with Gasteiger partial charge in [0.05, 0.1) is 6.54 Å². The molecule has 1 fully saturated rings. The Labute approximate surface area is 89.6 Å². The molecule has 2 amide bonds. The van der Waals surface area contributed by atoms with E-state index < -0.39 is 0 Å². The van der Waals surface area contributed by atoms with E-state index >= 15 is 0 Å². The Bertz CT molecular complexity index is 286. The normalized spacial score (nSPS) is 21.2. The molecule has 0 radical (unpaired) electrons. The molecule has 0 aromatic heterocycles. The average molecular weight is 211 g/mol. The largest absolute Gasteiger partial charge is 0.298 e. The van der Waals surface area contributed by atoms with E-state index in [0.29, 0.717) is 6.42 Å². The predicted octanol–water partition coefficient (Wildman–Crippen LogP) is 1.14. The Morgan fingerprint density at radius 3 is 2.60 bits per heavy atom. The number of imide groups is 1. The molecule has 0 bridgehead atoms. The lowest BCUT2D eigenvalue weighted by molar-refractivity contribution is -0.142. The summed E-state index contributed by atoms with van der Waals surface area (Å²) < 4.78 is 0. The van der Waals surface area contributed by atoms with Gasteiger partial charge in [-0.1, -0.05) is 20.3 Å². The number of ketones is 1. The average Bonchev–Trinajstić information content (AvgIpc) is 2.42. The molecule has 1 aliphatic heterocycles. The second-order valence-corrected chi connectivity index (χ2v) is 4.07. The number of Topliss-reactive ketones (excluding diaryl/α,β-unsaturated/α-hetero) is 1. The summed E-state index contributed by atoms with van der Waals surface area (Å²) >= 11 is 0. The highest BCUT2D eigenvalue weighted by Crippen LogP contribution is 2.18. The van der Waals surface area contributed by atoms with Gasteiger partial charge in [-0.15, -0.1) is 0 Å². The minimum Gasteiger partial charge on any atom is -0.298 e. The van der Waals surface area contributed by atoms with Crippen molar-refractivity contribution in [2.45, 2.75) is 39.5 Å². The third-order valence-corrected chi connectivity index (χ3v) is 2.61. The quantitative estimate of drug-likeness (QED) is 0.641. The fourth-order valence-electron chi connectivity index (χ4n) is 1.64. The van der Waals surface area contributed by atoms with Crippen LogP contribution in [0.4, 0.5) is 0 Å². The zero-order chi connectivity index (χ0) is 11.4. The summed E-state index contributed by atoms with van der Waals surface area (Å²) in [5, 5.41) is 0. The number of amides is 2. The standard InChI is InChI=1S/C11H17NO3/c1-3-4-5-9(13)7-12-10(14)6-8(2)11(12)15/h8H,3-7H2,1-2H3. The van der Waals surface area contributed by atoms with Crippen LogP contribution in [-0.4, -0.2) is 29.0 Å². The SMILES string of the molecule is CCCCC(=O)CN1C(=O)CC(C)C1=O. The van der Waals surface area contributed by atoms with Crippen LogP contribution in [0.25, 0.3) is 0 Å². The van der Waals surface area contributed by atoms with E-state index in [2.05, 4.69) is 0 Å². The lowest BCUT2D eigenvalue weighted by atomic mass is 10.1. The molecule has 1 unspecified atom stereocenters. The summed E-state index contributed by atoms with van der Waals surface area (Å²) in [5.41, 5.74) is 0. The Hall–Kier alpha value is -1.19. The molecule has 1 saturated heterocycles. The maximum atomic E-state index is 11.5. The molecule has 1 rings (SSSR count). The highest BCUT2D eigenvalue weighted by Gasteiger charge is 2.36. The fourth-order valence-corrected chi connectivity index (χ4v) is 1.64. The zero-order valence-electron chi connectivity index (χ0n) is 9.28. The van der Waals surface area contributed by atoms with Crippen molar-refractivity contribution >= 4 is 17.6 Å². The molecule has 84 valence electrons. The van der Waals surface area contributed by atoms with Gasteiger partial charge in [0.2, 0.25) is 11.8 Å². The maximum absolute atomic E-state index is 11.5. The Balaban J connectivity index is 2.47. The van der Waals surface area contributed by atoms with Crippen LogP contribution < -0.4 is 0 Å². The van der Waals surface area contributed by atoms with Crippen LogP contribution in [0.3, 0.4) is 0 Å². The van der Waals surface area contributed by atoms with E-state index in [-0.39, 0.29) is 36.5 Å². The molecular weight excluding hydrogens is 194 g/mol. The minimum atomic E-state index is -0.253. The summed E-state index contributed by atoms with van der Waals surface area (Å²) in [7, 11) is 0. The van der Waals surface area contributed by atoms with Gasteiger partial charge >= 0.3 is 0 Å². The molecule has 0 aliphatic carbocycles. The lowest BCUT2D eigenvalue weighted by Crippen LogP contribution is -2.35. The molecule has 1 atom stereocenters. The first-order chi connectivity index (χ1) is 7.06. The molecule has 1 heterocycles. The van der Waals surface area contributed by atoms with Crippen LogP contribution >= 0.6 is 0 Å². The maximum Gasteiger partial charge on any atom is 0.232 e. The molecule has 0 saturated carbocycles. The second-order valence-electron chi connectivity index (χ2n) is 4.07. The van der Waals surface area contributed by atoms with Crippen molar-refractivity contribution in [3.63, 3.8) is 0 Å². The minimum absolute atomic E-state index is 0.0207. The summed E-state index contributed by atoms with van der Waals surface area (Å²) in [6, 6.07) is 0. The third-order valence-electron chi connectivity index (χ3n) is 2.61. The monoisotopic (exact) mass is 211 g/mol. The van der Waals surface area contributed by atoms with Crippen molar-refractivity contribution in [2.75, 3.05) is 6.54 Å². The summed E-state index contributed by atoms with van der Waals surface area (Å²) in [5.74, 6) is -0.689. The van der Waals surface area contributed by atoms with Crippen molar-refractivity contribution in [3.05, 3.63) is 0 Å². The number of unbranched alkanes of at least 4 members (excludes halogenated alkanes) is 1. The van der Waals surface area contributed by atoms with Crippen molar-refractivity contribution in [1.82, 2.24) is 4.90 Å². The van der Waals surface area contributed by atoms with Crippen molar-refractivity contribution < 1.29 is 14.4 Å². The summed E-state index contributed by atoms with van der Waals surface area (Å²) in [4.78, 5) is 35.3. The highest BCUT2D eigenvalue weighted by molar-refractivity contribution is 6.05. The van der Waals surface area contributed by atoms with E-state index in [1.54, 1.807) is 6.92 Å². The Kier molecular flexibility index (Phi) is 4.00. The zero-order valence-corrected chi connectivity index (χ0v) is 9.28. The first-order valence-electron chi connectivity index (χ1n) is 5.42. The van der Waals surface area contributed by atoms with E-state index in [1.165, 1.54) is 0 Å². The molecule has 0 spiro atoms. The number of nitrogens with zero attached hydrogens (tertiary/aromatic N) is 1. The van der Waals surface area contributed by atoms with Crippen LogP contribution in [-0.2, 0) is 14.4 Å². The molecule has 4 nitrogen and oxygen atoms in total. The number of carbonyl (C=O) groups excluding carboxylic acids is 3. The molecule has 15 heavy (non-hydrogen) atoms. The molecule has 0 aromatic rings. The second kappa shape index (κ2) is 5.05. The van der Waals surface area contributed by atoms with Gasteiger partial charge in [0.25, 0.3) is 0 Å². The molecule has 4 heteroatoms. The topological polar surface area (TPSA) is 54.5 Å². The van der Waals surface area contributed by atoms with Crippen molar-refractivity contribution in [2.24, 2.45) is 5.92 Å². The lowest BCUT2D eigenvalue weighted by Gasteiger charge is -2.12. The van der Waals surface area contributed by atoms with E-state index in [1.807, 2.05) is 6.92 Å². The summed E-state index contributed by atoms with van der Waals surface area (Å²) in [6.07, 6.45) is 2.48. The van der Waals surface area contributed by atoms with E-state index in [0.717, 1.165) is 17.7 Å². The predicted molar refractivity (Wildman–Crippen MR) is 55.0 cm³/mol. The highest BCUT2D eigenvalue weighted by atomic mass is 16.2. The smallest absolute Gasteiger partial charge is 0.232 e. The first kappa shape index (κ1) is 11.9. The molecule has 0 aromatic carbocycles. The van der Waals surface area contributed by atoms with Crippen LogP contribution in [0.1, 0.15) is 39.5 Å². The van der Waals surface area contributed by atoms with Crippen LogP contribution in [0.2, 0.25) is 0 Å². The third kappa shape index (κ3) is 2.88.